The Bertz CT molecular complexity index is 1060. The molecule has 0 aliphatic heterocycles. The van der Waals surface area contributed by atoms with Gasteiger partial charge in [-0.2, -0.15) is 13.2 Å². The molecule has 1 heterocycles. The van der Waals surface area contributed by atoms with Gasteiger partial charge in [-0.25, -0.2) is 0 Å². The van der Waals surface area contributed by atoms with E-state index in [2.05, 4.69) is 0 Å². The quantitative estimate of drug-likeness (QED) is 0.375. The number of benzene rings is 2. The summed E-state index contributed by atoms with van der Waals surface area (Å²) in [6, 6.07) is 15.7. The number of hydrogen-bond donors (Lipinski definition) is 0. The van der Waals surface area contributed by atoms with Gasteiger partial charge in [-0.1, -0.05) is 37.6 Å². The predicted molar refractivity (Wildman–Crippen MR) is 121 cm³/mol. The third-order valence-corrected chi connectivity index (χ3v) is 5.91. The fourth-order valence-electron chi connectivity index (χ4n) is 3.48. The Morgan fingerprint density at radius 3 is 2.31 bits per heavy atom. The molecule has 0 bridgehead atoms. The molecule has 170 valence electrons. The lowest BCUT2D eigenvalue weighted by atomic mass is 10.0. The van der Waals surface area contributed by atoms with Crippen LogP contribution in [0.2, 0.25) is 5.02 Å². The molecule has 0 N–H and O–H groups in total. The number of aromatic nitrogens is 1. The molecule has 0 radical (unpaired) electrons. The number of alkyl halides is 3. The third kappa shape index (κ3) is 5.74. The van der Waals surface area contributed by atoms with Crippen molar-refractivity contribution in [2.75, 3.05) is 0 Å². The maximum Gasteiger partial charge on any atom is 0.416 e. The van der Waals surface area contributed by atoms with E-state index in [0.29, 0.717) is 18.1 Å². The highest BCUT2D eigenvalue weighted by atomic mass is 35.5. The fraction of sp³-hybridized carbons (Fsp3) is 0.320. The van der Waals surface area contributed by atoms with Crippen molar-refractivity contribution in [1.82, 2.24) is 9.47 Å². The summed E-state index contributed by atoms with van der Waals surface area (Å²) in [6.07, 6.45) is -2.50. The van der Waals surface area contributed by atoms with Crippen LogP contribution in [0, 0.1) is 5.92 Å². The van der Waals surface area contributed by atoms with Crippen molar-refractivity contribution in [3.05, 3.63) is 94.3 Å². The second-order valence-corrected chi connectivity index (χ2v) is 8.69. The van der Waals surface area contributed by atoms with E-state index in [-0.39, 0.29) is 23.4 Å². The summed E-state index contributed by atoms with van der Waals surface area (Å²) in [6.45, 7) is 6.93. The van der Waals surface area contributed by atoms with Crippen LogP contribution < -0.4 is 0 Å². The molecule has 1 aromatic heterocycles. The van der Waals surface area contributed by atoms with E-state index in [1.165, 1.54) is 12.1 Å². The van der Waals surface area contributed by atoms with Crippen LogP contribution in [0.5, 0.6) is 0 Å². The van der Waals surface area contributed by atoms with Crippen molar-refractivity contribution >= 4 is 17.5 Å². The first-order chi connectivity index (χ1) is 15.1. The van der Waals surface area contributed by atoms with Crippen LogP contribution in [-0.4, -0.2) is 21.4 Å². The summed E-state index contributed by atoms with van der Waals surface area (Å²) in [7, 11) is 0. The van der Waals surface area contributed by atoms with Crippen molar-refractivity contribution in [2.45, 2.75) is 46.1 Å². The average Bonchev–Trinajstić information content (AvgIpc) is 3.17. The fourth-order valence-corrected chi connectivity index (χ4v) is 3.69. The second kappa shape index (κ2) is 9.82. The van der Waals surface area contributed by atoms with Gasteiger partial charge in [-0.3, -0.25) is 4.79 Å². The highest BCUT2D eigenvalue weighted by molar-refractivity contribution is 6.30. The van der Waals surface area contributed by atoms with Crippen molar-refractivity contribution < 1.29 is 18.0 Å². The first-order valence-electron chi connectivity index (χ1n) is 10.4. The van der Waals surface area contributed by atoms with Gasteiger partial charge in [0.1, 0.15) is 0 Å². The summed E-state index contributed by atoms with van der Waals surface area (Å²) in [5.41, 5.74) is 1.43. The Labute approximate surface area is 191 Å². The van der Waals surface area contributed by atoms with Crippen LogP contribution in [0.4, 0.5) is 13.2 Å². The molecule has 0 saturated heterocycles. The van der Waals surface area contributed by atoms with E-state index in [1.54, 1.807) is 4.90 Å². The average molecular weight is 463 g/mol. The van der Waals surface area contributed by atoms with Gasteiger partial charge in [0.05, 0.1) is 12.1 Å². The molecule has 1 amide bonds. The van der Waals surface area contributed by atoms with Crippen LogP contribution in [0.15, 0.2) is 66.9 Å². The van der Waals surface area contributed by atoms with Crippen molar-refractivity contribution in [3.8, 4) is 0 Å². The molecule has 7 heteroatoms. The molecule has 0 saturated carbocycles. The maximum atomic E-state index is 13.3. The van der Waals surface area contributed by atoms with Gasteiger partial charge in [-0.05, 0) is 66.9 Å². The minimum atomic E-state index is -4.44. The maximum absolute atomic E-state index is 13.3. The van der Waals surface area contributed by atoms with Gasteiger partial charge < -0.3 is 9.47 Å². The van der Waals surface area contributed by atoms with E-state index in [0.717, 1.165) is 23.4 Å². The second-order valence-electron chi connectivity index (χ2n) is 8.25. The molecule has 3 nitrogen and oxygen atoms in total. The van der Waals surface area contributed by atoms with Crippen LogP contribution >= 0.6 is 11.6 Å². The predicted octanol–water partition coefficient (Wildman–Crippen LogP) is 6.90. The van der Waals surface area contributed by atoms with E-state index in [1.807, 2.05) is 67.9 Å². The minimum Gasteiger partial charge on any atom is -0.345 e. The zero-order valence-corrected chi connectivity index (χ0v) is 19.0. The molecule has 3 aromatic rings. The zero-order valence-electron chi connectivity index (χ0n) is 18.2. The summed E-state index contributed by atoms with van der Waals surface area (Å²) in [5.74, 6) is -0.125. The Hall–Kier alpha value is -2.73. The molecule has 0 fully saturated rings. The van der Waals surface area contributed by atoms with Crippen LogP contribution in [0.3, 0.4) is 0 Å². The van der Waals surface area contributed by atoms with E-state index in [4.69, 9.17) is 11.6 Å². The lowest BCUT2D eigenvalue weighted by Gasteiger charge is -2.32. The SMILES string of the molecule is CC(C)C(C)N(Cc1cccn1Cc1cccc(Cl)c1)C(=O)c1ccc(C(F)(F)F)cc1. The number of rotatable bonds is 7. The van der Waals surface area contributed by atoms with Crippen molar-refractivity contribution in [2.24, 2.45) is 5.92 Å². The van der Waals surface area contributed by atoms with E-state index in [9.17, 15) is 18.0 Å². The molecule has 1 atom stereocenters. The monoisotopic (exact) mass is 462 g/mol. The Morgan fingerprint density at radius 2 is 1.72 bits per heavy atom. The largest absolute Gasteiger partial charge is 0.416 e. The lowest BCUT2D eigenvalue weighted by Crippen LogP contribution is -2.41. The highest BCUT2D eigenvalue weighted by Gasteiger charge is 2.31. The number of hydrogen-bond acceptors (Lipinski definition) is 1. The topological polar surface area (TPSA) is 25.2 Å². The van der Waals surface area contributed by atoms with Gasteiger partial charge in [0.25, 0.3) is 5.91 Å². The zero-order chi connectivity index (χ0) is 23.5. The highest BCUT2D eigenvalue weighted by Crippen LogP contribution is 2.29. The number of carbonyl (C=O) groups is 1. The first kappa shape index (κ1) is 23.9. The molecular formula is C25H26ClF3N2O. The Kier molecular flexibility index (Phi) is 7.34. The molecular weight excluding hydrogens is 437 g/mol. The molecule has 0 aliphatic carbocycles. The normalized spacial score (nSPS) is 12.8. The molecule has 0 aliphatic rings. The summed E-state index contributed by atoms with van der Waals surface area (Å²) in [4.78, 5) is 15.0. The summed E-state index contributed by atoms with van der Waals surface area (Å²) < 4.78 is 40.8. The van der Waals surface area contributed by atoms with Crippen molar-refractivity contribution in [1.29, 1.82) is 0 Å². The van der Waals surface area contributed by atoms with Crippen molar-refractivity contribution in [3.63, 3.8) is 0 Å². The van der Waals surface area contributed by atoms with Crippen LogP contribution in [0.1, 0.15) is 48.0 Å². The summed E-state index contributed by atoms with van der Waals surface area (Å²) >= 11 is 6.10. The summed E-state index contributed by atoms with van der Waals surface area (Å²) in [5, 5.41) is 0.656. The number of amides is 1. The van der Waals surface area contributed by atoms with Gasteiger partial charge in [0.15, 0.2) is 0 Å². The number of halogens is 4. The lowest BCUT2D eigenvalue weighted by molar-refractivity contribution is -0.137. The molecule has 1 unspecified atom stereocenters. The van der Waals surface area contributed by atoms with Crippen LogP contribution in [-0.2, 0) is 19.3 Å². The Morgan fingerprint density at radius 1 is 1.03 bits per heavy atom. The molecule has 32 heavy (non-hydrogen) atoms. The Balaban J connectivity index is 1.86. The van der Waals surface area contributed by atoms with E-state index >= 15 is 0 Å². The van der Waals surface area contributed by atoms with Gasteiger partial charge in [-0.15, -0.1) is 0 Å². The number of carbonyl (C=O) groups excluding carboxylic acids is 1. The molecule has 2 aromatic carbocycles. The van der Waals surface area contributed by atoms with Crippen LogP contribution in [0.25, 0.3) is 0 Å². The van der Waals surface area contributed by atoms with Gasteiger partial charge in [0, 0.05) is 35.1 Å². The standard InChI is InChI=1S/C25H26ClF3N2O/c1-17(2)18(3)31(24(32)20-9-11-21(12-10-20)25(27,28)29)16-23-8-5-13-30(23)15-19-6-4-7-22(26)14-19/h4-14,17-18H,15-16H2,1-3H3. The van der Waals surface area contributed by atoms with Gasteiger partial charge >= 0.3 is 6.18 Å². The number of nitrogens with zero attached hydrogens (tertiary/aromatic N) is 2. The smallest absolute Gasteiger partial charge is 0.345 e. The van der Waals surface area contributed by atoms with E-state index < -0.39 is 11.7 Å². The van der Waals surface area contributed by atoms with Gasteiger partial charge in [0.2, 0.25) is 0 Å². The molecule has 0 spiro atoms. The molecule has 3 rings (SSSR count). The first-order valence-corrected chi connectivity index (χ1v) is 10.8. The minimum absolute atomic E-state index is 0.112. The third-order valence-electron chi connectivity index (χ3n) is 5.67.